The normalized spacial score (nSPS) is 10.8. The zero-order valence-corrected chi connectivity index (χ0v) is 18.7. The first-order valence-corrected chi connectivity index (χ1v) is 10.8. The van der Waals surface area contributed by atoms with Gasteiger partial charge in [-0.3, -0.25) is 4.79 Å². The summed E-state index contributed by atoms with van der Waals surface area (Å²) in [4.78, 5) is 17.6. The van der Waals surface area contributed by atoms with Gasteiger partial charge in [-0.15, -0.1) is 0 Å². The lowest BCUT2D eigenvalue weighted by atomic mass is 10.1. The van der Waals surface area contributed by atoms with Crippen molar-refractivity contribution in [2.75, 3.05) is 13.7 Å². The predicted molar refractivity (Wildman–Crippen MR) is 130 cm³/mol. The number of hydrogen-bond donors (Lipinski definition) is 2. The molecule has 0 fully saturated rings. The molecule has 0 aliphatic carbocycles. The summed E-state index contributed by atoms with van der Waals surface area (Å²) in [6.07, 6.45) is 2.49. The number of furan rings is 1. The second-order valence-electron chi connectivity index (χ2n) is 7.48. The van der Waals surface area contributed by atoms with Gasteiger partial charge in [-0.05, 0) is 60.6 Å². The molecule has 2 aromatic carbocycles. The van der Waals surface area contributed by atoms with Crippen molar-refractivity contribution in [1.29, 1.82) is 0 Å². The molecule has 4 aromatic rings. The first kappa shape index (κ1) is 21.6. The topological polar surface area (TPSA) is 70.5 Å². The van der Waals surface area contributed by atoms with Crippen molar-refractivity contribution < 1.29 is 9.15 Å². The van der Waals surface area contributed by atoms with E-state index in [1.807, 2.05) is 59.5 Å². The molecule has 164 valence electrons. The Morgan fingerprint density at radius 2 is 1.94 bits per heavy atom. The summed E-state index contributed by atoms with van der Waals surface area (Å²) in [6, 6.07) is 21.4. The van der Waals surface area contributed by atoms with Gasteiger partial charge in [-0.25, -0.2) is 0 Å². The smallest absolute Gasteiger partial charge is 0.253 e. The van der Waals surface area contributed by atoms with Crippen LogP contribution in [0.15, 0.2) is 82.2 Å². The second-order valence-corrected chi connectivity index (χ2v) is 7.87. The summed E-state index contributed by atoms with van der Waals surface area (Å²) in [5, 5.41) is 4.80. The van der Waals surface area contributed by atoms with Crippen molar-refractivity contribution >= 4 is 28.2 Å². The summed E-state index contributed by atoms with van der Waals surface area (Å²) in [5.41, 5.74) is 2.48. The number of ether oxygens (including phenoxy) is 1. The molecule has 0 spiro atoms. The van der Waals surface area contributed by atoms with Gasteiger partial charge < -0.3 is 24.4 Å². The van der Waals surface area contributed by atoms with Crippen LogP contribution >= 0.6 is 12.2 Å². The minimum atomic E-state index is -0.140. The number of pyridine rings is 1. The van der Waals surface area contributed by atoms with E-state index in [9.17, 15) is 4.79 Å². The summed E-state index contributed by atoms with van der Waals surface area (Å²) in [7, 11) is 1.62. The minimum absolute atomic E-state index is 0.140. The van der Waals surface area contributed by atoms with E-state index < -0.39 is 0 Å². The van der Waals surface area contributed by atoms with Crippen LogP contribution in [0.1, 0.15) is 16.9 Å². The van der Waals surface area contributed by atoms with Crippen LogP contribution in [0, 0.1) is 0 Å². The number of rotatable bonds is 8. The molecular formula is C25H25N3O3S. The zero-order valence-electron chi connectivity index (χ0n) is 17.8. The van der Waals surface area contributed by atoms with Crippen LogP contribution in [0.3, 0.4) is 0 Å². The fourth-order valence-electron chi connectivity index (χ4n) is 3.54. The number of thiocarbonyl (C=S) groups is 1. The van der Waals surface area contributed by atoms with E-state index >= 15 is 0 Å². The SMILES string of the molecule is COc1ccc2[nH]c(=O)c(CN(Cc3ccco3)C(=S)NCCc3ccccc3)cc2c1. The number of aromatic nitrogens is 1. The fourth-order valence-corrected chi connectivity index (χ4v) is 3.77. The van der Waals surface area contributed by atoms with E-state index in [4.69, 9.17) is 21.4 Å². The number of hydrogen-bond acceptors (Lipinski definition) is 4. The van der Waals surface area contributed by atoms with Crippen LogP contribution in [0.4, 0.5) is 0 Å². The van der Waals surface area contributed by atoms with E-state index in [1.54, 1.807) is 13.4 Å². The van der Waals surface area contributed by atoms with Gasteiger partial charge in [-0.1, -0.05) is 30.3 Å². The number of methoxy groups -OCH3 is 1. The van der Waals surface area contributed by atoms with Crippen molar-refractivity contribution in [3.05, 3.63) is 100 Å². The molecule has 4 rings (SSSR count). The first-order chi connectivity index (χ1) is 15.6. The molecule has 2 heterocycles. The van der Waals surface area contributed by atoms with E-state index in [0.717, 1.165) is 28.8 Å². The van der Waals surface area contributed by atoms with Crippen molar-refractivity contribution in [1.82, 2.24) is 15.2 Å². The van der Waals surface area contributed by atoms with E-state index in [0.29, 0.717) is 30.3 Å². The van der Waals surface area contributed by atoms with Gasteiger partial charge >= 0.3 is 0 Å². The minimum Gasteiger partial charge on any atom is -0.497 e. The molecule has 0 radical (unpaired) electrons. The van der Waals surface area contributed by atoms with Crippen molar-refractivity contribution in [2.45, 2.75) is 19.5 Å². The highest BCUT2D eigenvalue weighted by Crippen LogP contribution is 2.19. The Balaban J connectivity index is 1.52. The van der Waals surface area contributed by atoms with E-state index in [-0.39, 0.29) is 5.56 Å². The van der Waals surface area contributed by atoms with Crippen molar-refractivity contribution in [3.63, 3.8) is 0 Å². The maximum Gasteiger partial charge on any atom is 0.253 e. The lowest BCUT2D eigenvalue weighted by Gasteiger charge is -2.25. The second kappa shape index (κ2) is 10.2. The predicted octanol–water partition coefficient (Wildman–Crippen LogP) is 4.25. The van der Waals surface area contributed by atoms with Gasteiger partial charge in [0.25, 0.3) is 5.56 Å². The third-order valence-corrected chi connectivity index (χ3v) is 5.64. The standard InChI is InChI=1S/C25H25N3O3S/c1-30-21-9-10-23-19(15-21)14-20(24(29)27-23)16-28(17-22-8-5-13-31-22)25(32)26-12-11-18-6-3-2-4-7-18/h2-10,13-15H,11-12,16-17H2,1H3,(H,26,32)(H,27,29). The third kappa shape index (κ3) is 5.36. The molecule has 0 saturated carbocycles. The Bertz CT molecular complexity index is 1240. The molecule has 2 N–H and O–H groups in total. The molecule has 0 unspecified atom stereocenters. The monoisotopic (exact) mass is 447 g/mol. The molecule has 0 saturated heterocycles. The lowest BCUT2D eigenvalue weighted by Crippen LogP contribution is -2.40. The fraction of sp³-hybridized carbons (Fsp3) is 0.200. The van der Waals surface area contributed by atoms with Crippen LogP contribution < -0.4 is 15.6 Å². The summed E-state index contributed by atoms with van der Waals surface area (Å²) in [5.74, 6) is 1.51. The molecule has 0 aliphatic rings. The van der Waals surface area contributed by atoms with E-state index in [1.165, 1.54) is 5.56 Å². The van der Waals surface area contributed by atoms with E-state index in [2.05, 4.69) is 22.4 Å². The van der Waals surface area contributed by atoms with Crippen LogP contribution in [0.5, 0.6) is 5.75 Å². The maximum absolute atomic E-state index is 12.7. The van der Waals surface area contributed by atoms with Crippen molar-refractivity contribution in [2.24, 2.45) is 0 Å². The Labute approximate surface area is 191 Å². The van der Waals surface area contributed by atoms with Crippen LogP contribution in [0.2, 0.25) is 0 Å². The van der Waals surface area contributed by atoms with Gasteiger partial charge in [-0.2, -0.15) is 0 Å². The number of nitrogens with zero attached hydrogens (tertiary/aromatic N) is 1. The number of H-pyrrole nitrogens is 1. The molecule has 0 bridgehead atoms. The highest BCUT2D eigenvalue weighted by Gasteiger charge is 2.15. The summed E-state index contributed by atoms with van der Waals surface area (Å²) >= 11 is 5.68. The number of nitrogens with one attached hydrogen (secondary N) is 2. The van der Waals surface area contributed by atoms with Gasteiger partial charge in [0, 0.05) is 23.0 Å². The molecule has 0 atom stereocenters. The molecule has 6 nitrogen and oxygen atoms in total. The van der Waals surface area contributed by atoms with Gasteiger partial charge in [0.2, 0.25) is 0 Å². The van der Waals surface area contributed by atoms with Crippen LogP contribution in [0.25, 0.3) is 10.9 Å². The highest BCUT2D eigenvalue weighted by molar-refractivity contribution is 7.80. The quantitative estimate of drug-likeness (QED) is 0.394. The molecule has 32 heavy (non-hydrogen) atoms. The Kier molecular flexibility index (Phi) is 6.87. The molecule has 0 aliphatic heterocycles. The molecule has 2 aromatic heterocycles. The summed E-state index contributed by atoms with van der Waals surface area (Å²) < 4.78 is 10.8. The number of aromatic amines is 1. The molecule has 0 amide bonds. The Hall–Kier alpha value is -3.58. The van der Waals surface area contributed by atoms with Gasteiger partial charge in [0.15, 0.2) is 5.11 Å². The maximum atomic E-state index is 12.7. The molecule has 7 heteroatoms. The third-order valence-electron chi connectivity index (χ3n) is 5.24. The van der Waals surface area contributed by atoms with Crippen LogP contribution in [-0.2, 0) is 19.5 Å². The highest BCUT2D eigenvalue weighted by atomic mass is 32.1. The van der Waals surface area contributed by atoms with Gasteiger partial charge in [0.1, 0.15) is 11.5 Å². The Morgan fingerprint density at radius 3 is 2.69 bits per heavy atom. The van der Waals surface area contributed by atoms with Crippen LogP contribution in [-0.4, -0.2) is 28.7 Å². The lowest BCUT2D eigenvalue weighted by molar-refractivity contribution is 0.350. The number of benzene rings is 2. The number of fused-ring (bicyclic) bond motifs is 1. The Morgan fingerprint density at radius 1 is 1.09 bits per heavy atom. The average Bonchev–Trinajstić information content (AvgIpc) is 3.32. The zero-order chi connectivity index (χ0) is 22.3. The summed E-state index contributed by atoms with van der Waals surface area (Å²) in [6.45, 7) is 1.50. The first-order valence-electron chi connectivity index (χ1n) is 10.4. The largest absolute Gasteiger partial charge is 0.497 e. The van der Waals surface area contributed by atoms with Crippen molar-refractivity contribution in [3.8, 4) is 5.75 Å². The van der Waals surface area contributed by atoms with Gasteiger partial charge in [0.05, 0.1) is 26.5 Å². The molecular weight excluding hydrogens is 422 g/mol. The average molecular weight is 448 g/mol.